The summed E-state index contributed by atoms with van der Waals surface area (Å²) in [4.78, 5) is 20.5. The van der Waals surface area contributed by atoms with Crippen molar-refractivity contribution in [1.82, 2.24) is 9.97 Å². The summed E-state index contributed by atoms with van der Waals surface area (Å²) >= 11 is 0. The van der Waals surface area contributed by atoms with Crippen molar-refractivity contribution in [2.45, 2.75) is 13.8 Å². The lowest BCUT2D eigenvalue weighted by Crippen LogP contribution is -2.04. The number of anilines is 4. The number of hydrogen-bond donors (Lipinski definition) is 2. The third kappa shape index (κ3) is 4.56. The molecule has 3 rings (SSSR count). The fraction of sp³-hybridized carbons (Fsp3) is 0.190. The molecule has 7 heteroatoms. The summed E-state index contributed by atoms with van der Waals surface area (Å²) in [6.07, 6.45) is 0. The average molecular weight is 378 g/mol. The minimum absolute atomic E-state index is 0.378. The maximum atomic E-state index is 11.5. The van der Waals surface area contributed by atoms with E-state index in [0.717, 1.165) is 28.4 Å². The summed E-state index contributed by atoms with van der Waals surface area (Å²) in [6, 6.07) is 14.7. The van der Waals surface area contributed by atoms with Crippen LogP contribution >= 0.6 is 0 Å². The van der Waals surface area contributed by atoms with Crippen LogP contribution in [-0.4, -0.2) is 30.2 Å². The van der Waals surface area contributed by atoms with Crippen molar-refractivity contribution in [1.29, 1.82) is 0 Å². The Balaban J connectivity index is 1.82. The molecule has 0 fully saturated rings. The van der Waals surface area contributed by atoms with E-state index in [0.29, 0.717) is 17.3 Å². The van der Waals surface area contributed by atoms with Crippen LogP contribution in [0.15, 0.2) is 48.5 Å². The Bertz CT molecular complexity index is 987. The summed E-state index contributed by atoms with van der Waals surface area (Å²) in [5.74, 6) is 1.44. The lowest BCUT2D eigenvalue weighted by molar-refractivity contribution is 0.0601. The van der Waals surface area contributed by atoms with Gasteiger partial charge in [0, 0.05) is 17.4 Å². The maximum Gasteiger partial charge on any atom is 0.337 e. The topological polar surface area (TPSA) is 85.4 Å². The molecule has 1 heterocycles. The number of rotatable bonds is 6. The number of methoxy groups -OCH3 is 2. The molecule has 28 heavy (non-hydrogen) atoms. The molecule has 0 radical (unpaired) electrons. The largest absolute Gasteiger partial charge is 0.495 e. The zero-order valence-corrected chi connectivity index (χ0v) is 16.2. The standard InChI is InChI=1S/C21H22N4O3/c1-13-5-10-18(27-3)17(11-13)24-19-12-14(2)22-21(25-19)23-16-8-6-15(7-9-16)20(26)28-4/h5-12H,1-4H3,(H2,22,23,24,25). The van der Waals surface area contributed by atoms with Gasteiger partial charge in [0.2, 0.25) is 5.95 Å². The SMILES string of the molecule is COC(=O)c1ccc(Nc2nc(C)cc(Nc3cc(C)ccc3OC)n2)cc1. The van der Waals surface area contributed by atoms with Gasteiger partial charge in [-0.3, -0.25) is 0 Å². The van der Waals surface area contributed by atoms with Gasteiger partial charge in [0.1, 0.15) is 11.6 Å². The number of benzene rings is 2. The van der Waals surface area contributed by atoms with Crippen molar-refractivity contribution in [3.63, 3.8) is 0 Å². The number of esters is 1. The molecule has 0 spiro atoms. The quantitative estimate of drug-likeness (QED) is 0.616. The Morgan fingerprint density at radius 1 is 0.929 bits per heavy atom. The predicted molar refractivity (Wildman–Crippen MR) is 109 cm³/mol. The molecule has 0 aliphatic heterocycles. The number of hydrogen-bond acceptors (Lipinski definition) is 7. The first-order chi connectivity index (χ1) is 13.5. The molecule has 0 aliphatic carbocycles. The highest BCUT2D eigenvalue weighted by Gasteiger charge is 2.09. The Morgan fingerprint density at radius 2 is 1.68 bits per heavy atom. The number of nitrogens with one attached hydrogen (secondary N) is 2. The first-order valence-corrected chi connectivity index (χ1v) is 8.71. The zero-order chi connectivity index (χ0) is 20.1. The molecular formula is C21H22N4O3. The number of carbonyl (C=O) groups excluding carboxylic acids is 1. The molecule has 0 aliphatic rings. The van der Waals surface area contributed by atoms with Crippen LogP contribution in [0.5, 0.6) is 5.75 Å². The molecule has 2 N–H and O–H groups in total. The fourth-order valence-electron chi connectivity index (χ4n) is 2.68. The lowest BCUT2D eigenvalue weighted by Gasteiger charge is -2.13. The molecular weight excluding hydrogens is 356 g/mol. The van der Waals surface area contributed by atoms with Crippen molar-refractivity contribution in [2.24, 2.45) is 0 Å². The Kier molecular flexibility index (Phi) is 5.74. The molecule has 0 unspecified atom stereocenters. The van der Waals surface area contributed by atoms with Crippen molar-refractivity contribution in [3.05, 3.63) is 65.4 Å². The molecule has 0 bridgehead atoms. The van der Waals surface area contributed by atoms with Crippen LogP contribution in [0, 0.1) is 13.8 Å². The Hall–Kier alpha value is -3.61. The van der Waals surface area contributed by atoms with Gasteiger partial charge < -0.3 is 20.1 Å². The summed E-state index contributed by atoms with van der Waals surface area (Å²) in [6.45, 7) is 3.91. The van der Waals surface area contributed by atoms with E-state index in [9.17, 15) is 4.79 Å². The van der Waals surface area contributed by atoms with Gasteiger partial charge in [0.15, 0.2) is 0 Å². The van der Waals surface area contributed by atoms with Gasteiger partial charge in [-0.05, 0) is 55.8 Å². The van der Waals surface area contributed by atoms with Crippen molar-refractivity contribution >= 4 is 29.1 Å². The number of nitrogens with zero attached hydrogens (tertiary/aromatic N) is 2. The molecule has 0 saturated heterocycles. The number of aromatic nitrogens is 2. The summed E-state index contributed by atoms with van der Waals surface area (Å²) in [5.41, 5.74) is 3.98. The van der Waals surface area contributed by atoms with Crippen molar-refractivity contribution in [3.8, 4) is 5.75 Å². The molecule has 0 saturated carbocycles. The minimum atomic E-state index is -0.378. The molecule has 3 aromatic rings. The van der Waals surface area contributed by atoms with Crippen LogP contribution < -0.4 is 15.4 Å². The van der Waals surface area contributed by atoms with Crippen molar-refractivity contribution < 1.29 is 14.3 Å². The number of aryl methyl sites for hydroxylation is 2. The van der Waals surface area contributed by atoms with E-state index in [4.69, 9.17) is 9.47 Å². The van der Waals surface area contributed by atoms with E-state index in [2.05, 4.69) is 20.6 Å². The van der Waals surface area contributed by atoms with Crippen LogP contribution in [-0.2, 0) is 4.74 Å². The second-order valence-corrected chi connectivity index (χ2v) is 6.24. The zero-order valence-electron chi connectivity index (χ0n) is 16.2. The molecule has 0 atom stereocenters. The minimum Gasteiger partial charge on any atom is -0.495 e. The van der Waals surface area contributed by atoms with Crippen LogP contribution in [0.3, 0.4) is 0 Å². The maximum absolute atomic E-state index is 11.5. The van der Waals surface area contributed by atoms with Gasteiger partial charge in [0.05, 0.1) is 25.5 Å². The van der Waals surface area contributed by atoms with Crippen LogP contribution in [0.1, 0.15) is 21.6 Å². The molecule has 7 nitrogen and oxygen atoms in total. The van der Waals surface area contributed by atoms with E-state index in [-0.39, 0.29) is 5.97 Å². The van der Waals surface area contributed by atoms with E-state index < -0.39 is 0 Å². The molecule has 144 valence electrons. The van der Waals surface area contributed by atoms with Gasteiger partial charge >= 0.3 is 5.97 Å². The lowest BCUT2D eigenvalue weighted by atomic mass is 10.2. The highest BCUT2D eigenvalue weighted by Crippen LogP contribution is 2.28. The summed E-state index contributed by atoms with van der Waals surface area (Å²) in [7, 11) is 2.98. The van der Waals surface area contributed by atoms with Gasteiger partial charge in [-0.1, -0.05) is 6.07 Å². The second-order valence-electron chi connectivity index (χ2n) is 6.24. The van der Waals surface area contributed by atoms with Crippen LogP contribution in [0.4, 0.5) is 23.1 Å². The van der Waals surface area contributed by atoms with Crippen LogP contribution in [0.25, 0.3) is 0 Å². The third-order valence-electron chi connectivity index (χ3n) is 4.03. The second kappa shape index (κ2) is 8.39. The first-order valence-electron chi connectivity index (χ1n) is 8.71. The molecule has 0 amide bonds. The molecule has 2 aromatic carbocycles. The number of ether oxygens (including phenoxy) is 2. The van der Waals surface area contributed by atoms with Crippen LogP contribution in [0.2, 0.25) is 0 Å². The Morgan fingerprint density at radius 3 is 2.36 bits per heavy atom. The highest BCUT2D eigenvalue weighted by atomic mass is 16.5. The van der Waals surface area contributed by atoms with E-state index >= 15 is 0 Å². The average Bonchev–Trinajstić information content (AvgIpc) is 2.68. The predicted octanol–water partition coefficient (Wildman–Crippen LogP) is 4.38. The van der Waals surface area contributed by atoms with Gasteiger partial charge in [-0.2, -0.15) is 4.98 Å². The van der Waals surface area contributed by atoms with E-state index in [1.165, 1.54) is 7.11 Å². The molecule has 1 aromatic heterocycles. The highest BCUT2D eigenvalue weighted by molar-refractivity contribution is 5.89. The van der Waals surface area contributed by atoms with E-state index in [1.807, 2.05) is 38.1 Å². The first kappa shape index (κ1) is 19.2. The normalized spacial score (nSPS) is 10.3. The number of carbonyl (C=O) groups is 1. The third-order valence-corrected chi connectivity index (χ3v) is 4.03. The van der Waals surface area contributed by atoms with Gasteiger partial charge in [-0.25, -0.2) is 9.78 Å². The monoisotopic (exact) mass is 378 g/mol. The van der Waals surface area contributed by atoms with Gasteiger partial charge in [0.25, 0.3) is 0 Å². The van der Waals surface area contributed by atoms with Gasteiger partial charge in [-0.15, -0.1) is 0 Å². The van der Waals surface area contributed by atoms with E-state index in [1.54, 1.807) is 31.4 Å². The summed E-state index contributed by atoms with van der Waals surface area (Å²) in [5, 5.41) is 6.44. The fourth-order valence-corrected chi connectivity index (χ4v) is 2.68. The smallest absolute Gasteiger partial charge is 0.337 e. The van der Waals surface area contributed by atoms with Crippen molar-refractivity contribution in [2.75, 3.05) is 24.9 Å². The summed E-state index contributed by atoms with van der Waals surface area (Å²) < 4.78 is 10.1. The Labute approximate surface area is 163 Å².